The van der Waals surface area contributed by atoms with Crippen LogP contribution in [0.3, 0.4) is 0 Å². The SMILES string of the molecule is CN(C)S(=O)(=O)N(C)CC(=O)N1CCC(Cc2ccccc2)CC1. The average molecular weight is 353 g/mol. The normalized spacial score (nSPS) is 16.8. The summed E-state index contributed by atoms with van der Waals surface area (Å²) in [5, 5.41) is 0. The lowest BCUT2D eigenvalue weighted by Gasteiger charge is -2.33. The second-order valence-corrected chi connectivity index (χ2v) is 8.81. The topological polar surface area (TPSA) is 60.9 Å². The van der Waals surface area contributed by atoms with Crippen molar-refractivity contribution in [1.29, 1.82) is 0 Å². The highest BCUT2D eigenvalue weighted by Gasteiger charge is 2.27. The Labute approximate surface area is 145 Å². The van der Waals surface area contributed by atoms with Crippen LogP contribution in [0.4, 0.5) is 0 Å². The number of rotatable bonds is 6. The minimum absolute atomic E-state index is 0.107. The summed E-state index contributed by atoms with van der Waals surface area (Å²) < 4.78 is 26.2. The quantitative estimate of drug-likeness (QED) is 0.772. The molecule has 1 aliphatic heterocycles. The lowest BCUT2D eigenvalue weighted by molar-refractivity contribution is -0.132. The number of benzene rings is 1. The zero-order chi connectivity index (χ0) is 17.7. The number of hydrogen-bond acceptors (Lipinski definition) is 3. The number of piperidine rings is 1. The van der Waals surface area contributed by atoms with E-state index in [2.05, 4.69) is 24.3 Å². The largest absolute Gasteiger partial charge is 0.342 e. The highest BCUT2D eigenvalue weighted by molar-refractivity contribution is 7.86. The summed E-state index contributed by atoms with van der Waals surface area (Å²) in [4.78, 5) is 14.1. The Morgan fingerprint density at radius 1 is 1.12 bits per heavy atom. The number of nitrogens with zero attached hydrogens (tertiary/aromatic N) is 3. The van der Waals surface area contributed by atoms with E-state index < -0.39 is 10.2 Å². The van der Waals surface area contributed by atoms with Crippen LogP contribution >= 0.6 is 0 Å². The van der Waals surface area contributed by atoms with Crippen molar-refractivity contribution in [3.63, 3.8) is 0 Å². The van der Waals surface area contributed by atoms with E-state index in [-0.39, 0.29) is 12.5 Å². The number of carbonyl (C=O) groups is 1. The minimum Gasteiger partial charge on any atom is -0.342 e. The number of amides is 1. The number of carbonyl (C=O) groups excluding carboxylic acids is 1. The predicted molar refractivity (Wildman–Crippen MR) is 94.7 cm³/mol. The van der Waals surface area contributed by atoms with Gasteiger partial charge in [-0.2, -0.15) is 17.0 Å². The minimum atomic E-state index is -3.54. The molecule has 134 valence electrons. The van der Waals surface area contributed by atoms with Crippen LogP contribution in [-0.2, 0) is 21.4 Å². The van der Waals surface area contributed by atoms with Gasteiger partial charge in [0.15, 0.2) is 0 Å². The standard InChI is InChI=1S/C17H27N3O3S/c1-18(2)24(22,23)19(3)14-17(21)20-11-9-16(10-12-20)13-15-7-5-4-6-8-15/h4-8,16H,9-14H2,1-3H3. The van der Waals surface area contributed by atoms with Crippen LogP contribution in [-0.4, -0.2) is 68.6 Å². The molecule has 1 amide bonds. The van der Waals surface area contributed by atoms with Gasteiger partial charge in [0.25, 0.3) is 10.2 Å². The molecule has 1 aromatic rings. The molecule has 24 heavy (non-hydrogen) atoms. The van der Waals surface area contributed by atoms with Crippen LogP contribution in [0.25, 0.3) is 0 Å². The van der Waals surface area contributed by atoms with Gasteiger partial charge >= 0.3 is 0 Å². The van der Waals surface area contributed by atoms with E-state index >= 15 is 0 Å². The van der Waals surface area contributed by atoms with Crippen molar-refractivity contribution in [2.24, 2.45) is 5.92 Å². The molecular formula is C17H27N3O3S. The first-order valence-corrected chi connectivity index (χ1v) is 9.66. The second-order valence-electron chi connectivity index (χ2n) is 6.56. The van der Waals surface area contributed by atoms with Gasteiger partial charge in [0, 0.05) is 34.2 Å². The van der Waals surface area contributed by atoms with Crippen LogP contribution in [0.1, 0.15) is 18.4 Å². The van der Waals surface area contributed by atoms with Crippen LogP contribution < -0.4 is 0 Å². The van der Waals surface area contributed by atoms with Crippen LogP contribution in [0, 0.1) is 5.92 Å². The van der Waals surface area contributed by atoms with E-state index in [1.54, 1.807) is 4.90 Å². The van der Waals surface area contributed by atoms with Crippen molar-refractivity contribution in [3.05, 3.63) is 35.9 Å². The smallest absolute Gasteiger partial charge is 0.281 e. The van der Waals surface area contributed by atoms with Gasteiger partial charge in [0.2, 0.25) is 5.91 Å². The van der Waals surface area contributed by atoms with Gasteiger partial charge in [-0.1, -0.05) is 30.3 Å². The first-order valence-electron chi connectivity index (χ1n) is 8.26. The maximum Gasteiger partial charge on any atom is 0.281 e. The van der Waals surface area contributed by atoms with Crippen LogP contribution in [0.2, 0.25) is 0 Å². The third-order valence-electron chi connectivity index (χ3n) is 4.55. The zero-order valence-electron chi connectivity index (χ0n) is 14.7. The van der Waals surface area contributed by atoms with Gasteiger partial charge in [0.05, 0.1) is 6.54 Å². The molecule has 1 aliphatic rings. The number of likely N-dealkylation sites (tertiary alicyclic amines) is 1. The highest BCUT2D eigenvalue weighted by Crippen LogP contribution is 2.21. The van der Waals surface area contributed by atoms with Crippen molar-refractivity contribution < 1.29 is 13.2 Å². The molecule has 0 bridgehead atoms. The lowest BCUT2D eigenvalue weighted by atomic mass is 9.90. The maximum absolute atomic E-state index is 12.3. The molecule has 0 aromatic heterocycles. The molecule has 7 heteroatoms. The molecule has 1 heterocycles. The predicted octanol–water partition coefficient (Wildman–Crippen LogP) is 1.21. The Kier molecular flexibility index (Phi) is 6.37. The monoisotopic (exact) mass is 353 g/mol. The molecule has 1 fully saturated rings. The van der Waals surface area contributed by atoms with E-state index in [1.165, 1.54) is 26.7 Å². The summed E-state index contributed by atoms with van der Waals surface area (Å²) in [7, 11) is 0.824. The van der Waals surface area contributed by atoms with Crippen LogP contribution in [0.15, 0.2) is 30.3 Å². The Morgan fingerprint density at radius 3 is 2.25 bits per heavy atom. The summed E-state index contributed by atoms with van der Waals surface area (Å²) in [6, 6.07) is 10.4. The molecule has 0 aliphatic carbocycles. The third-order valence-corrected chi connectivity index (χ3v) is 6.39. The van der Waals surface area contributed by atoms with Gasteiger partial charge in [-0.15, -0.1) is 0 Å². The van der Waals surface area contributed by atoms with Crippen molar-refractivity contribution in [2.45, 2.75) is 19.3 Å². The molecule has 0 N–H and O–H groups in total. The van der Waals surface area contributed by atoms with Crippen molar-refractivity contribution in [3.8, 4) is 0 Å². The van der Waals surface area contributed by atoms with E-state index in [0.29, 0.717) is 19.0 Å². The molecule has 1 aromatic carbocycles. The molecule has 0 saturated carbocycles. The second kappa shape index (κ2) is 8.09. The van der Waals surface area contributed by atoms with Gasteiger partial charge in [-0.05, 0) is 30.7 Å². The molecule has 1 saturated heterocycles. The zero-order valence-corrected chi connectivity index (χ0v) is 15.5. The summed E-state index contributed by atoms with van der Waals surface area (Å²) in [5.41, 5.74) is 1.33. The first kappa shape index (κ1) is 18.9. The average Bonchev–Trinajstić information content (AvgIpc) is 2.56. The Hall–Kier alpha value is -1.44. The molecule has 0 unspecified atom stereocenters. The van der Waals surface area contributed by atoms with E-state index in [9.17, 15) is 13.2 Å². The maximum atomic E-state index is 12.3. The Balaban J connectivity index is 1.82. The first-order chi connectivity index (χ1) is 11.3. The van der Waals surface area contributed by atoms with Crippen molar-refractivity contribution in [2.75, 3.05) is 40.8 Å². The van der Waals surface area contributed by atoms with Gasteiger partial charge in [0.1, 0.15) is 0 Å². The molecular weight excluding hydrogens is 326 g/mol. The van der Waals surface area contributed by atoms with Gasteiger partial charge in [-0.25, -0.2) is 0 Å². The van der Waals surface area contributed by atoms with E-state index in [1.807, 2.05) is 6.07 Å². The highest BCUT2D eigenvalue weighted by atomic mass is 32.2. The molecule has 6 nitrogen and oxygen atoms in total. The van der Waals surface area contributed by atoms with Gasteiger partial charge in [-0.3, -0.25) is 4.79 Å². The summed E-state index contributed by atoms with van der Waals surface area (Å²) in [6.45, 7) is 1.29. The number of hydrogen-bond donors (Lipinski definition) is 0. The Morgan fingerprint density at radius 2 is 1.71 bits per heavy atom. The fourth-order valence-electron chi connectivity index (χ4n) is 2.98. The summed E-state index contributed by atoms with van der Waals surface area (Å²) in [6.07, 6.45) is 2.97. The van der Waals surface area contributed by atoms with E-state index in [4.69, 9.17) is 0 Å². The molecule has 0 atom stereocenters. The molecule has 2 rings (SSSR count). The fourth-order valence-corrected chi connectivity index (χ4v) is 3.82. The van der Waals surface area contributed by atoms with Crippen molar-refractivity contribution in [1.82, 2.24) is 13.5 Å². The van der Waals surface area contributed by atoms with Gasteiger partial charge < -0.3 is 4.90 Å². The molecule has 0 spiro atoms. The van der Waals surface area contributed by atoms with Crippen LogP contribution in [0.5, 0.6) is 0 Å². The summed E-state index contributed by atoms with van der Waals surface area (Å²) >= 11 is 0. The summed E-state index contributed by atoms with van der Waals surface area (Å²) in [5.74, 6) is 0.459. The number of likely N-dealkylation sites (N-methyl/N-ethyl adjacent to an activating group) is 1. The van der Waals surface area contributed by atoms with Crippen molar-refractivity contribution >= 4 is 16.1 Å². The Bertz CT molecular complexity index is 638. The third kappa shape index (κ3) is 4.78. The fraction of sp³-hybridized carbons (Fsp3) is 0.588. The lowest BCUT2D eigenvalue weighted by Crippen LogP contribution is -2.47. The van der Waals surface area contributed by atoms with E-state index in [0.717, 1.165) is 27.9 Å². The molecule has 0 radical (unpaired) electrons.